The van der Waals surface area contributed by atoms with Crippen molar-refractivity contribution < 1.29 is 19.1 Å². The van der Waals surface area contributed by atoms with E-state index in [9.17, 15) is 9.59 Å². The highest BCUT2D eigenvalue weighted by Crippen LogP contribution is 2.25. The number of rotatable bonds is 7. The monoisotopic (exact) mass is 415 g/mol. The number of ketones is 1. The fourth-order valence-electron chi connectivity index (χ4n) is 2.13. The van der Waals surface area contributed by atoms with Crippen molar-refractivity contribution in [1.29, 1.82) is 0 Å². The molecule has 2 aromatic rings. The molecule has 0 aliphatic rings. The normalized spacial score (nSPS) is 10.4. The minimum atomic E-state index is -0.337. The molecule has 0 saturated heterocycles. The van der Waals surface area contributed by atoms with Gasteiger partial charge in [-0.15, -0.1) is 0 Å². The minimum absolute atomic E-state index is 0.161. The van der Waals surface area contributed by atoms with Gasteiger partial charge >= 0.3 is 0 Å². The van der Waals surface area contributed by atoms with Crippen molar-refractivity contribution >= 4 is 39.4 Å². The van der Waals surface area contributed by atoms with Crippen molar-refractivity contribution in [3.05, 3.63) is 70.7 Å². The van der Waals surface area contributed by atoms with Crippen molar-refractivity contribution in [2.24, 2.45) is 0 Å². The zero-order valence-electron chi connectivity index (χ0n) is 14.4. The van der Waals surface area contributed by atoms with E-state index in [2.05, 4.69) is 27.8 Å². The first-order valence-electron chi connectivity index (χ1n) is 7.65. The summed E-state index contributed by atoms with van der Waals surface area (Å²) in [7, 11) is 3.14. The van der Waals surface area contributed by atoms with Gasteiger partial charge in [-0.05, 0) is 64.5 Å². The Kier molecular flexibility index (Phi) is 6.74. The van der Waals surface area contributed by atoms with E-state index >= 15 is 0 Å². The number of ether oxygens (including phenoxy) is 2. The molecule has 0 aliphatic heterocycles. The van der Waals surface area contributed by atoms with E-state index < -0.39 is 0 Å². The second kappa shape index (κ2) is 9.01. The fourth-order valence-corrected chi connectivity index (χ4v) is 2.23. The lowest BCUT2D eigenvalue weighted by Gasteiger charge is -2.07. The highest BCUT2D eigenvalue weighted by Gasteiger charge is 2.07. The molecule has 134 valence electrons. The van der Waals surface area contributed by atoms with Gasteiger partial charge in [0.1, 0.15) is 11.5 Å². The van der Waals surface area contributed by atoms with Gasteiger partial charge < -0.3 is 14.8 Å². The summed E-state index contributed by atoms with van der Waals surface area (Å²) in [6.07, 6.45) is 3.16. The van der Waals surface area contributed by atoms with E-state index in [1.54, 1.807) is 56.7 Å². The summed E-state index contributed by atoms with van der Waals surface area (Å²) in [4.78, 5) is 23.9. The lowest BCUT2D eigenvalue weighted by atomic mass is 10.1. The number of anilines is 1. The molecule has 2 aromatic carbocycles. The average molecular weight is 416 g/mol. The maximum absolute atomic E-state index is 12.3. The van der Waals surface area contributed by atoms with Crippen LogP contribution in [0.5, 0.6) is 11.5 Å². The van der Waals surface area contributed by atoms with Crippen LogP contribution in [0.25, 0.3) is 6.08 Å². The Balaban J connectivity index is 2.11. The number of allylic oxidation sites excluding steroid dienone is 1. The molecular formula is C20H18BrNO4. The molecule has 0 aliphatic carbocycles. The number of benzene rings is 2. The molecule has 0 heterocycles. The van der Waals surface area contributed by atoms with E-state index in [4.69, 9.17) is 9.47 Å². The van der Waals surface area contributed by atoms with Crippen LogP contribution in [0.3, 0.4) is 0 Å². The smallest absolute Gasteiger partial charge is 0.262 e. The van der Waals surface area contributed by atoms with Gasteiger partial charge in [0.15, 0.2) is 5.78 Å². The summed E-state index contributed by atoms with van der Waals surface area (Å²) in [5.41, 5.74) is 1.85. The van der Waals surface area contributed by atoms with Crippen LogP contribution in [-0.2, 0) is 4.79 Å². The van der Waals surface area contributed by atoms with Crippen LogP contribution in [-0.4, -0.2) is 25.9 Å². The average Bonchev–Trinajstić information content (AvgIpc) is 2.66. The fraction of sp³-hybridized carbons (Fsp3) is 0.100. The maximum atomic E-state index is 12.3. The van der Waals surface area contributed by atoms with E-state index in [1.165, 1.54) is 6.08 Å². The molecule has 0 fully saturated rings. The number of hydrogen-bond donors (Lipinski definition) is 1. The van der Waals surface area contributed by atoms with E-state index in [1.807, 2.05) is 6.07 Å². The predicted octanol–water partition coefficient (Wildman–Crippen LogP) is 4.45. The lowest BCUT2D eigenvalue weighted by molar-refractivity contribution is -0.112. The van der Waals surface area contributed by atoms with Gasteiger partial charge in [-0.2, -0.15) is 0 Å². The van der Waals surface area contributed by atoms with Crippen LogP contribution in [0.15, 0.2) is 59.6 Å². The number of hydrogen-bond acceptors (Lipinski definition) is 4. The predicted molar refractivity (Wildman–Crippen MR) is 106 cm³/mol. The van der Waals surface area contributed by atoms with E-state index in [0.29, 0.717) is 22.7 Å². The quantitative estimate of drug-likeness (QED) is 0.535. The van der Waals surface area contributed by atoms with Crippen molar-refractivity contribution in [1.82, 2.24) is 0 Å². The minimum Gasteiger partial charge on any atom is -0.497 e. The van der Waals surface area contributed by atoms with Gasteiger partial charge in [0.05, 0.1) is 18.7 Å². The first kappa shape index (κ1) is 19.5. The summed E-state index contributed by atoms with van der Waals surface area (Å²) in [6.45, 7) is 3.50. The Hall–Kier alpha value is -2.86. The standard InChI is InChI=1S/C20H18BrNO4/c1-13(21)20(24)22-16-8-4-14(5-9-16)18(23)11-7-15-6-10-17(25-2)12-19(15)26-3/h4-12H,1H2,2-3H3,(H,22,24)/b11-7+. The molecule has 0 saturated carbocycles. The first-order valence-corrected chi connectivity index (χ1v) is 8.44. The molecule has 6 heteroatoms. The number of halogens is 1. The third kappa shape index (κ3) is 5.07. The highest BCUT2D eigenvalue weighted by atomic mass is 79.9. The summed E-state index contributed by atoms with van der Waals surface area (Å²) in [5, 5.41) is 2.65. The number of methoxy groups -OCH3 is 2. The molecular weight excluding hydrogens is 398 g/mol. The summed E-state index contributed by atoms with van der Waals surface area (Å²) >= 11 is 3.01. The number of carbonyl (C=O) groups is 2. The molecule has 0 spiro atoms. The van der Waals surface area contributed by atoms with Gasteiger partial charge in [0.25, 0.3) is 5.91 Å². The Morgan fingerprint density at radius 1 is 1.08 bits per heavy atom. The van der Waals surface area contributed by atoms with Crippen molar-refractivity contribution in [3.63, 3.8) is 0 Å². The van der Waals surface area contributed by atoms with E-state index in [-0.39, 0.29) is 16.2 Å². The lowest BCUT2D eigenvalue weighted by Crippen LogP contribution is -2.10. The maximum Gasteiger partial charge on any atom is 0.262 e. The highest BCUT2D eigenvalue weighted by molar-refractivity contribution is 9.12. The Morgan fingerprint density at radius 2 is 1.77 bits per heavy atom. The molecule has 1 amide bonds. The molecule has 1 N–H and O–H groups in total. The Labute approximate surface area is 160 Å². The second-order valence-corrected chi connectivity index (χ2v) is 6.20. The van der Waals surface area contributed by atoms with Crippen LogP contribution in [0.2, 0.25) is 0 Å². The zero-order valence-corrected chi connectivity index (χ0v) is 16.0. The summed E-state index contributed by atoms with van der Waals surface area (Å²) < 4.78 is 10.7. The third-order valence-corrected chi connectivity index (χ3v) is 3.89. The molecule has 0 atom stereocenters. The molecule has 2 rings (SSSR count). The van der Waals surface area contributed by atoms with E-state index in [0.717, 1.165) is 5.56 Å². The number of carbonyl (C=O) groups excluding carboxylic acids is 2. The van der Waals surface area contributed by atoms with Gasteiger partial charge in [-0.25, -0.2) is 0 Å². The van der Waals surface area contributed by atoms with Gasteiger partial charge in [-0.1, -0.05) is 6.58 Å². The van der Waals surface area contributed by atoms with Gasteiger partial charge in [0, 0.05) is 22.9 Å². The van der Waals surface area contributed by atoms with Crippen molar-refractivity contribution in [3.8, 4) is 11.5 Å². The summed E-state index contributed by atoms with van der Waals surface area (Å²) in [6, 6.07) is 12.0. The van der Waals surface area contributed by atoms with Crippen LogP contribution in [0.1, 0.15) is 15.9 Å². The van der Waals surface area contributed by atoms with Gasteiger partial charge in [0.2, 0.25) is 0 Å². The van der Waals surface area contributed by atoms with Crippen LogP contribution in [0, 0.1) is 0 Å². The Bertz CT molecular complexity index is 857. The third-order valence-electron chi connectivity index (χ3n) is 3.53. The number of amides is 1. The van der Waals surface area contributed by atoms with Gasteiger partial charge in [-0.3, -0.25) is 9.59 Å². The molecule has 5 nitrogen and oxygen atoms in total. The van der Waals surface area contributed by atoms with Crippen LogP contribution >= 0.6 is 15.9 Å². The molecule has 0 unspecified atom stereocenters. The largest absolute Gasteiger partial charge is 0.497 e. The molecule has 0 bridgehead atoms. The molecule has 0 aromatic heterocycles. The van der Waals surface area contributed by atoms with Crippen molar-refractivity contribution in [2.75, 3.05) is 19.5 Å². The second-order valence-electron chi connectivity index (χ2n) is 5.24. The zero-order chi connectivity index (χ0) is 19.1. The molecule has 26 heavy (non-hydrogen) atoms. The van der Waals surface area contributed by atoms with Crippen LogP contribution < -0.4 is 14.8 Å². The SMILES string of the molecule is C=C(Br)C(=O)Nc1ccc(C(=O)/C=C/c2ccc(OC)cc2OC)cc1. The Morgan fingerprint density at radius 3 is 2.35 bits per heavy atom. The van der Waals surface area contributed by atoms with Crippen LogP contribution in [0.4, 0.5) is 5.69 Å². The number of nitrogens with one attached hydrogen (secondary N) is 1. The first-order chi connectivity index (χ1) is 12.4. The molecule has 0 radical (unpaired) electrons. The topological polar surface area (TPSA) is 64.6 Å². The van der Waals surface area contributed by atoms with Crippen molar-refractivity contribution in [2.45, 2.75) is 0 Å². The summed E-state index contributed by atoms with van der Waals surface area (Å²) in [5.74, 6) is 0.789.